The van der Waals surface area contributed by atoms with Gasteiger partial charge in [0.2, 0.25) is 0 Å². The van der Waals surface area contributed by atoms with Crippen LogP contribution in [0.1, 0.15) is 37.4 Å². The molecule has 0 aromatic carbocycles. The second kappa shape index (κ2) is 4.05. The molecule has 1 aliphatic carbocycles. The Balaban J connectivity index is 2.17. The van der Waals surface area contributed by atoms with Gasteiger partial charge in [-0.05, 0) is 24.8 Å². The molecule has 2 nitrogen and oxygen atoms in total. The number of halogens is 1. The highest BCUT2D eigenvalue weighted by atomic mass is 19.1. The van der Waals surface area contributed by atoms with Crippen molar-refractivity contribution >= 4 is 0 Å². The van der Waals surface area contributed by atoms with E-state index in [1.54, 1.807) is 6.07 Å². The molecule has 1 saturated carbocycles. The van der Waals surface area contributed by atoms with Crippen molar-refractivity contribution in [1.82, 2.24) is 4.98 Å². The van der Waals surface area contributed by atoms with E-state index < -0.39 is 11.9 Å². The molecule has 1 aromatic rings. The highest BCUT2D eigenvalue weighted by Crippen LogP contribution is 2.35. The van der Waals surface area contributed by atoms with Gasteiger partial charge in [0.25, 0.3) is 0 Å². The number of pyridine rings is 1. The van der Waals surface area contributed by atoms with Gasteiger partial charge < -0.3 is 5.11 Å². The monoisotopic (exact) mass is 195 g/mol. The molecular weight excluding hydrogens is 181 g/mol. The van der Waals surface area contributed by atoms with E-state index in [4.69, 9.17) is 0 Å². The summed E-state index contributed by atoms with van der Waals surface area (Å²) in [7, 11) is 0. The minimum Gasteiger partial charge on any atom is -0.388 e. The molecule has 0 aliphatic heterocycles. The molecule has 0 bridgehead atoms. The van der Waals surface area contributed by atoms with E-state index in [-0.39, 0.29) is 5.92 Å². The largest absolute Gasteiger partial charge is 0.388 e. The third-order valence-corrected chi connectivity index (χ3v) is 2.97. The maximum atomic E-state index is 13.3. The fraction of sp³-hybridized carbons (Fsp3) is 0.545. The first kappa shape index (κ1) is 9.59. The Labute approximate surface area is 82.8 Å². The number of hydrogen-bond donors (Lipinski definition) is 1. The molecule has 1 N–H and O–H groups in total. The summed E-state index contributed by atoms with van der Waals surface area (Å²) >= 11 is 0. The maximum Gasteiger partial charge on any atom is 0.147 e. The number of nitrogens with zero attached hydrogens (tertiary/aromatic N) is 1. The van der Waals surface area contributed by atoms with Crippen molar-refractivity contribution in [3.05, 3.63) is 29.8 Å². The number of hydrogen-bond acceptors (Lipinski definition) is 2. The zero-order chi connectivity index (χ0) is 9.97. The molecule has 1 atom stereocenters. The number of aliphatic hydroxyl groups is 1. The fourth-order valence-corrected chi connectivity index (χ4v) is 2.15. The lowest BCUT2D eigenvalue weighted by Crippen LogP contribution is -2.10. The van der Waals surface area contributed by atoms with Crippen LogP contribution in [0.25, 0.3) is 0 Å². The average molecular weight is 195 g/mol. The lowest BCUT2D eigenvalue weighted by atomic mass is 9.95. The van der Waals surface area contributed by atoms with Crippen LogP contribution in [0.2, 0.25) is 0 Å². The molecule has 1 heterocycles. The van der Waals surface area contributed by atoms with E-state index in [2.05, 4.69) is 4.98 Å². The molecule has 0 radical (unpaired) electrons. The lowest BCUT2D eigenvalue weighted by Gasteiger charge is -2.17. The third kappa shape index (κ3) is 1.77. The molecule has 3 heteroatoms. The van der Waals surface area contributed by atoms with Gasteiger partial charge in [-0.25, -0.2) is 4.39 Å². The highest BCUT2D eigenvalue weighted by molar-refractivity contribution is 5.16. The minimum atomic E-state index is -0.652. The van der Waals surface area contributed by atoms with Crippen molar-refractivity contribution in [3.8, 4) is 0 Å². The van der Waals surface area contributed by atoms with Crippen LogP contribution < -0.4 is 0 Å². The summed E-state index contributed by atoms with van der Waals surface area (Å²) < 4.78 is 13.3. The molecule has 76 valence electrons. The molecule has 1 aromatic heterocycles. The van der Waals surface area contributed by atoms with Gasteiger partial charge in [-0.2, -0.15) is 0 Å². The van der Waals surface area contributed by atoms with Gasteiger partial charge in [-0.3, -0.25) is 4.98 Å². The summed E-state index contributed by atoms with van der Waals surface area (Å²) in [6, 6.07) is 1.57. The van der Waals surface area contributed by atoms with Gasteiger partial charge in [-0.15, -0.1) is 0 Å². The standard InChI is InChI=1S/C11H14FNO/c12-10-7-13-6-5-9(10)11(14)8-3-1-2-4-8/h5-8,11,14H,1-4H2. The second-order valence-corrected chi connectivity index (χ2v) is 3.89. The summed E-state index contributed by atoms with van der Waals surface area (Å²) in [4.78, 5) is 3.67. The van der Waals surface area contributed by atoms with Crippen LogP contribution in [0.3, 0.4) is 0 Å². The van der Waals surface area contributed by atoms with Gasteiger partial charge in [0.1, 0.15) is 5.82 Å². The molecule has 1 unspecified atom stereocenters. The predicted molar refractivity (Wildman–Crippen MR) is 51.1 cm³/mol. The molecule has 0 spiro atoms. The van der Waals surface area contributed by atoms with E-state index in [9.17, 15) is 9.50 Å². The van der Waals surface area contributed by atoms with Gasteiger partial charge in [0, 0.05) is 11.8 Å². The molecule has 14 heavy (non-hydrogen) atoms. The van der Waals surface area contributed by atoms with Crippen molar-refractivity contribution < 1.29 is 9.50 Å². The topological polar surface area (TPSA) is 33.1 Å². The van der Waals surface area contributed by atoms with E-state index >= 15 is 0 Å². The highest BCUT2D eigenvalue weighted by Gasteiger charge is 2.26. The fourth-order valence-electron chi connectivity index (χ4n) is 2.15. The summed E-state index contributed by atoms with van der Waals surface area (Å²) in [6.45, 7) is 0. The molecule has 0 amide bonds. The summed E-state index contributed by atoms with van der Waals surface area (Å²) in [5.74, 6) is -0.168. The molecule has 0 saturated heterocycles. The van der Waals surface area contributed by atoms with Gasteiger partial charge in [0.15, 0.2) is 0 Å². The number of aromatic nitrogens is 1. The first-order valence-electron chi connectivity index (χ1n) is 5.06. The zero-order valence-electron chi connectivity index (χ0n) is 7.99. The van der Waals surface area contributed by atoms with Crippen LogP contribution in [0, 0.1) is 11.7 Å². The maximum absolute atomic E-state index is 13.3. The van der Waals surface area contributed by atoms with Crippen LogP contribution in [0.15, 0.2) is 18.5 Å². The Kier molecular flexibility index (Phi) is 2.77. The van der Waals surface area contributed by atoms with Crippen molar-refractivity contribution in [1.29, 1.82) is 0 Å². The predicted octanol–water partition coefficient (Wildman–Crippen LogP) is 2.44. The van der Waals surface area contributed by atoms with Crippen LogP contribution in [-0.4, -0.2) is 10.1 Å². The zero-order valence-corrected chi connectivity index (χ0v) is 7.99. The Morgan fingerprint density at radius 2 is 2.14 bits per heavy atom. The van der Waals surface area contributed by atoms with Gasteiger partial charge in [0.05, 0.1) is 12.3 Å². The van der Waals surface area contributed by atoms with Crippen LogP contribution in [-0.2, 0) is 0 Å². The van der Waals surface area contributed by atoms with E-state index in [1.807, 2.05) is 0 Å². The van der Waals surface area contributed by atoms with Gasteiger partial charge >= 0.3 is 0 Å². The van der Waals surface area contributed by atoms with E-state index in [1.165, 1.54) is 6.20 Å². The quantitative estimate of drug-likeness (QED) is 0.786. The normalized spacial score (nSPS) is 19.9. The summed E-state index contributed by atoms with van der Waals surface area (Å²) in [6.07, 6.45) is 6.33. The molecular formula is C11H14FNO. The Bertz CT molecular complexity index is 310. The van der Waals surface area contributed by atoms with Crippen LogP contribution >= 0.6 is 0 Å². The molecule has 1 aliphatic rings. The van der Waals surface area contributed by atoms with Crippen molar-refractivity contribution in [3.63, 3.8) is 0 Å². The summed E-state index contributed by atoms with van der Waals surface area (Å²) in [5, 5.41) is 9.93. The second-order valence-electron chi connectivity index (χ2n) is 3.89. The van der Waals surface area contributed by atoms with Crippen molar-refractivity contribution in [2.75, 3.05) is 0 Å². The molecule has 1 fully saturated rings. The van der Waals surface area contributed by atoms with Crippen molar-refractivity contribution in [2.24, 2.45) is 5.92 Å². The Hall–Kier alpha value is -0.960. The van der Waals surface area contributed by atoms with Crippen LogP contribution in [0.5, 0.6) is 0 Å². The number of rotatable bonds is 2. The van der Waals surface area contributed by atoms with Crippen molar-refractivity contribution in [2.45, 2.75) is 31.8 Å². The SMILES string of the molecule is OC(c1ccncc1F)C1CCCC1. The Morgan fingerprint density at radius 1 is 1.43 bits per heavy atom. The van der Waals surface area contributed by atoms with E-state index in [0.29, 0.717) is 5.56 Å². The van der Waals surface area contributed by atoms with Gasteiger partial charge in [-0.1, -0.05) is 12.8 Å². The minimum absolute atomic E-state index is 0.229. The number of aliphatic hydroxyl groups excluding tert-OH is 1. The first-order chi connectivity index (χ1) is 6.79. The van der Waals surface area contributed by atoms with E-state index in [0.717, 1.165) is 31.9 Å². The first-order valence-corrected chi connectivity index (χ1v) is 5.06. The summed E-state index contributed by atoms with van der Waals surface area (Å²) in [5.41, 5.74) is 0.395. The lowest BCUT2D eigenvalue weighted by molar-refractivity contribution is 0.107. The smallest absolute Gasteiger partial charge is 0.147 e. The Morgan fingerprint density at radius 3 is 2.79 bits per heavy atom. The molecule has 2 rings (SSSR count). The van der Waals surface area contributed by atoms with Crippen LogP contribution in [0.4, 0.5) is 4.39 Å². The third-order valence-electron chi connectivity index (χ3n) is 2.97. The average Bonchev–Trinajstić information content (AvgIpc) is 2.70.